The van der Waals surface area contributed by atoms with Gasteiger partial charge in [-0.1, -0.05) is 153 Å². The van der Waals surface area contributed by atoms with E-state index in [0.717, 1.165) is 23.5 Å². The van der Waals surface area contributed by atoms with E-state index in [1.54, 1.807) is 0 Å². The highest BCUT2D eigenvalue weighted by molar-refractivity contribution is 6.12. The van der Waals surface area contributed by atoms with E-state index in [1.165, 1.54) is 82.9 Å². The van der Waals surface area contributed by atoms with Crippen LogP contribution in [-0.2, 0) is 11.8 Å². The predicted molar refractivity (Wildman–Crippen MR) is 224 cm³/mol. The molecule has 3 nitrogen and oxygen atoms in total. The van der Waals surface area contributed by atoms with Gasteiger partial charge in [-0.15, -0.1) is 0 Å². The Hall–Kier alpha value is -6.45. The van der Waals surface area contributed by atoms with E-state index in [9.17, 15) is 0 Å². The summed E-state index contributed by atoms with van der Waals surface area (Å²) in [6.45, 7) is 4.83. The Morgan fingerprint density at radius 1 is 0.574 bits per heavy atom. The molecule has 3 heteroatoms. The Morgan fingerprint density at radius 2 is 1.26 bits per heavy atom. The lowest BCUT2D eigenvalue weighted by atomic mass is 9.65. The van der Waals surface area contributed by atoms with Crippen molar-refractivity contribution in [1.82, 2.24) is 9.97 Å². The zero-order chi connectivity index (χ0) is 36.0. The molecule has 256 valence electrons. The summed E-state index contributed by atoms with van der Waals surface area (Å²) >= 11 is 0. The van der Waals surface area contributed by atoms with Crippen molar-refractivity contribution >= 4 is 39.0 Å². The van der Waals surface area contributed by atoms with Gasteiger partial charge in [0.25, 0.3) is 0 Å². The van der Waals surface area contributed by atoms with Crippen molar-refractivity contribution in [2.45, 2.75) is 31.6 Å². The van der Waals surface area contributed by atoms with Crippen LogP contribution in [0.5, 0.6) is 0 Å². The highest BCUT2D eigenvalue weighted by Gasteiger charge is 2.51. The molecule has 54 heavy (non-hydrogen) atoms. The summed E-state index contributed by atoms with van der Waals surface area (Å²) in [6.07, 6.45) is 9.05. The largest absolute Gasteiger partial charge is 0.252 e. The van der Waals surface area contributed by atoms with Crippen LogP contribution in [0.3, 0.4) is 0 Å². The van der Waals surface area contributed by atoms with Crippen LogP contribution in [0.1, 0.15) is 53.1 Å². The first-order chi connectivity index (χ1) is 26.6. The SMILES string of the molecule is CC1(C)c2ccccc2C2=Nc3ccc4ccccc4c3C(c3ccc(-c4ccc(-c5ccc(-c6ncccn6)c6c5C=CC6)c5ccccc45)cc3)C21. The molecule has 1 aliphatic heterocycles. The number of allylic oxidation sites excluding steroid dienone is 1. The monoisotopic (exact) mass is 691 g/mol. The number of hydrogen-bond acceptors (Lipinski definition) is 3. The van der Waals surface area contributed by atoms with Gasteiger partial charge in [-0.2, -0.15) is 0 Å². The van der Waals surface area contributed by atoms with Gasteiger partial charge in [0.05, 0.1) is 11.4 Å². The highest BCUT2D eigenvalue weighted by atomic mass is 14.9. The van der Waals surface area contributed by atoms with Gasteiger partial charge in [0.1, 0.15) is 0 Å². The van der Waals surface area contributed by atoms with Crippen molar-refractivity contribution in [3.05, 3.63) is 191 Å². The van der Waals surface area contributed by atoms with Crippen molar-refractivity contribution in [3.8, 4) is 33.6 Å². The average Bonchev–Trinajstić information content (AvgIpc) is 3.81. The lowest BCUT2D eigenvalue weighted by molar-refractivity contribution is 0.386. The molecule has 0 amide bonds. The minimum atomic E-state index is -0.0822. The number of fused-ring (bicyclic) bond motifs is 8. The summed E-state index contributed by atoms with van der Waals surface area (Å²) in [7, 11) is 0. The standard InChI is InChI=1S/C51H37N3/c1-51(2)44-18-8-7-15-43(44)49-48(51)46(47-35-12-4-3-11-31(35)23-28-45(47)54-49)33-21-19-32(20-22-33)34-24-25-40(37-14-6-5-13-36(34)37)41-26-27-42(39-17-9-16-38(39)41)50-52-29-10-30-53-50/h3-16,18-30,46,48H,17H2,1-2H3. The van der Waals surface area contributed by atoms with Gasteiger partial charge in [0, 0.05) is 35.4 Å². The third-order valence-corrected chi connectivity index (χ3v) is 12.4. The molecule has 0 N–H and O–H groups in total. The molecule has 2 unspecified atom stereocenters. The van der Waals surface area contributed by atoms with Crippen molar-refractivity contribution < 1.29 is 0 Å². The minimum Gasteiger partial charge on any atom is -0.252 e. The van der Waals surface area contributed by atoms with Crippen LogP contribution in [0, 0.1) is 5.92 Å². The van der Waals surface area contributed by atoms with Crippen LogP contribution >= 0.6 is 0 Å². The van der Waals surface area contributed by atoms with Crippen molar-refractivity contribution in [2.24, 2.45) is 10.9 Å². The van der Waals surface area contributed by atoms with E-state index < -0.39 is 0 Å². The molecule has 0 saturated carbocycles. The molecule has 0 saturated heterocycles. The number of benzene rings is 7. The van der Waals surface area contributed by atoms with Crippen LogP contribution in [0.2, 0.25) is 0 Å². The molecule has 2 aliphatic carbocycles. The first kappa shape index (κ1) is 31.1. The van der Waals surface area contributed by atoms with Gasteiger partial charge in [0.15, 0.2) is 5.82 Å². The summed E-state index contributed by atoms with van der Waals surface area (Å²) in [4.78, 5) is 14.6. The van der Waals surface area contributed by atoms with E-state index in [0.29, 0.717) is 0 Å². The molecule has 2 atom stereocenters. The Morgan fingerprint density at radius 3 is 2.09 bits per heavy atom. The zero-order valence-electron chi connectivity index (χ0n) is 30.3. The molecule has 8 aromatic rings. The summed E-state index contributed by atoms with van der Waals surface area (Å²) in [5.74, 6) is 1.16. The number of hydrogen-bond donors (Lipinski definition) is 0. The van der Waals surface area contributed by atoms with Gasteiger partial charge >= 0.3 is 0 Å². The van der Waals surface area contributed by atoms with Gasteiger partial charge in [-0.05, 0) is 95.6 Å². The molecule has 3 aliphatic rings. The summed E-state index contributed by atoms with van der Waals surface area (Å²) < 4.78 is 0. The first-order valence-corrected chi connectivity index (χ1v) is 19.0. The fourth-order valence-electron chi connectivity index (χ4n) is 9.92. The lowest BCUT2D eigenvalue weighted by Crippen LogP contribution is -2.35. The highest BCUT2D eigenvalue weighted by Crippen LogP contribution is 2.57. The summed E-state index contributed by atoms with van der Waals surface area (Å²) in [6, 6.07) is 51.5. The van der Waals surface area contributed by atoms with Crippen LogP contribution in [0.4, 0.5) is 5.69 Å². The average molecular weight is 692 g/mol. The first-order valence-electron chi connectivity index (χ1n) is 19.0. The van der Waals surface area contributed by atoms with Gasteiger partial charge in [-0.25, -0.2) is 9.97 Å². The molecule has 7 aromatic carbocycles. The number of aliphatic imine (C=N–C) groups is 1. The van der Waals surface area contributed by atoms with Crippen molar-refractivity contribution in [2.75, 3.05) is 0 Å². The molecular formula is C51H37N3. The Kier molecular flexibility index (Phi) is 6.79. The van der Waals surface area contributed by atoms with Gasteiger partial charge in [-0.3, -0.25) is 4.99 Å². The fraction of sp³-hybridized carbons (Fsp3) is 0.118. The Labute approximate surface area is 315 Å². The van der Waals surface area contributed by atoms with E-state index in [-0.39, 0.29) is 17.3 Å². The second kappa shape index (κ2) is 11.8. The topological polar surface area (TPSA) is 38.1 Å². The molecular weight excluding hydrogens is 655 g/mol. The second-order valence-corrected chi connectivity index (χ2v) is 15.5. The molecule has 0 bridgehead atoms. The van der Waals surface area contributed by atoms with E-state index >= 15 is 0 Å². The van der Waals surface area contributed by atoms with Crippen molar-refractivity contribution in [3.63, 3.8) is 0 Å². The number of nitrogens with zero attached hydrogens (tertiary/aromatic N) is 3. The number of aromatic nitrogens is 2. The van der Waals surface area contributed by atoms with Crippen molar-refractivity contribution in [1.29, 1.82) is 0 Å². The quantitative estimate of drug-likeness (QED) is 0.184. The van der Waals surface area contributed by atoms with Crippen LogP contribution in [0.15, 0.2) is 163 Å². The van der Waals surface area contributed by atoms with Gasteiger partial charge in [0.2, 0.25) is 0 Å². The molecule has 0 radical (unpaired) electrons. The third kappa shape index (κ3) is 4.51. The maximum absolute atomic E-state index is 5.45. The second-order valence-electron chi connectivity index (χ2n) is 15.5. The Balaban J connectivity index is 1.03. The van der Waals surface area contributed by atoms with Crippen LogP contribution in [-0.4, -0.2) is 15.7 Å². The molecule has 2 heterocycles. The zero-order valence-corrected chi connectivity index (χ0v) is 30.3. The van der Waals surface area contributed by atoms with Crippen LogP contribution < -0.4 is 0 Å². The minimum absolute atomic E-state index is 0.0822. The maximum Gasteiger partial charge on any atom is 0.159 e. The Bertz CT molecular complexity index is 2880. The molecule has 11 rings (SSSR count). The maximum atomic E-state index is 5.45. The predicted octanol–water partition coefficient (Wildman–Crippen LogP) is 12.5. The van der Waals surface area contributed by atoms with E-state index in [1.807, 2.05) is 18.5 Å². The molecule has 1 aromatic heterocycles. The molecule has 0 spiro atoms. The van der Waals surface area contributed by atoms with E-state index in [4.69, 9.17) is 4.99 Å². The van der Waals surface area contributed by atoms with Crippen LogP contribution in [0.25, 0.3) is 61.3 Å². The van der Waals surface area contributed by atoms with E-state index in [2.05, 4.69) is 169 Å². The summed E-state index contributed by atoms with van der Waals surface area (Å²) in [5, 5.41) is 5.07. The molecule has 0 fully saturated rings. The fourth-order valence-corrected chi connectivity index (χ4v) is 9.92. The lowest BCUT2D eigenvalue weighted by Gasteiger charge is -2.39. The third-order valence-electron chi connectivity index (χ3n) is 12.4. The smallest absolute Gasteiger partial charge is 0.159 e. The summed E-state index contributed by atoms with van der Waals surface area (Å²) in [5.41, 5.74) is 16.2. The van der Waals surface area contributed by atoms with Gasteiger partial charge < -0.3 is 0 Å². The number of rotatable bonds is 4. The normalized spacial score (nSPS) is 17.6.